The van der Waals surface area contributed by atoms with Crippen molar-refractivity contribution in [3.63, 3.8) is 0 Å². The van der Waals surface area contributed by atoms with E-state index in [0.717, 1.165) is 5.56 Å². The number of rotatable bonds is 9. The molecule has 8 heteroatoms. The molecule has 1 aromatic carbocycles. The number of amidine groups is 1. The molecule has 0 bridgehead atoms. The lowest BCUT2D eigenvalue weighted by Gasteiger charge is -2.22. The van der Waals surface area contributed by atoms with E-state index < -0.39 is 0 Å². The van der Waals surface area contributed by atoms with Crippen LogP contribution in [0.4, 0.5) is 5.69 Å². The summed E-state index contributed by atoms with van der Waals surface area (Å²) in [6.07, 6.45) is 1.24. The normalized spacial score (nSPS) is 12.6. The molecule has 8 nitrogen and oxygen atoms in total. The van der Waals surface area contributed by atoms with Crippen LogP contribution in [0.5, 0.6) is 11.6 Å². The number of nitrogens with zero attached hydrogens (tertiary/aromatic N) is 3. The minimum atomic E-state index is -0.368. The van der Waals surface area contributed by atoms with Gasteiger partial charge in [-0.3, -0.25) is 5.01 Å². The van der Waals surface area contributed by atoms with E-state index in [2.05, 4.69) is 9.98 Å². The standard InChI is InChI=1S/C19H26N4O4/c1-4-26-14(2)22-19(15-5-8-17(9-6-15)27-12-11-24)23(20)16-7-10-18(25-3)21-13-16/h5-10,13-14,24H,4,11-12,20H2,1-3H3/b22-19-. The number of hydrogen-bond donors (Lipinski definition) is 2. The molecule has 0 saturated heterocycles. The van der Waals surface area contributed by atoms with Crippen LogP contribution < -0.4 is 20.3 Å². The molecular weight excluding hydrogens is 348 g/mol. The van der Waals surface area contributed by atoms with Gasteiger partial charge in [0.15, 0.2) is 5.84 Å². The van der Waals surface area contributed by atoms with E-state index in [1.807, 2.05) is 26.0 Å². The topological polar surface area (TPSA) is 102 Å². The van der Waals surface area contributed by atoms with E-state index >= 15 is 0 Å². The van der Waals surface area contributed by atoms with Crippen LogP contribution in [0.2, 0.25) is 0 Å². The lowest BCUT2D eigenvalue weighted by Crippen LogP contribution is -2.39. The maximum Gasteiger partial charge on any atom is 0.213 e. The molecule has 27 heavy (non-hydrogen) atoms. The second-order valence-corrected chi connectivity index (χ2v) is 5.53. The summed E-state index contributed by atoms with van der Waals surface area (Å²) in [6.45, 7) is 4.50. The zero-order chi connectivity index (χ0) is 19.6. The van der Waals surface area contributed by atoms with Crippen molar-refractivity contribution in [2.45, 2.75) is 20.1 Å². The van der Waals surface area contributed by atoms with Crippen LogP contribution in [0.3, 0.4) is 0 Å². The van der Waals surface area contributed by atoms with E-state index in [0.29, 0.717) is 29.8 Å². The van der Waals surface area contributed by atoms with Crippen molar-refractivity contribution in [2.24, 2.45) is 10.8 Å². The van der Waals surface area contributed by atoms with E-state index in [1.165, 1.54) is 5.01 Å². The predicted octanol–water partition coefficient (Wildman–Crippen LogP) is 1.97. The van der Waals surface area contributed by atoms with Gasteiger partial charge in [0.25, 0.3) is 0 Å². The van der Waals surface area contributed by atoms with Gasteiger partial charge in [-0.15, -0.1) is 0 Å². The lowest BCUT2D eigenvalue weighted by atomic mass is 10.2. The SMILES string of the molecule is CCOC(C)/N=C(/c1ccc(OCCO)cc1)N(N)c1ccc(OC)nc1. The van der Waals surface area contributed by atoms with Crippen molar-refractivity contribution in [2.75, 3.05) is 31.9 Å². The van der Waals surface area contributed by atoms with E-state index in [4.69, 9.17) is 25.2 Å². The molecule has 0 amide bonds. The molecular formula is C19H26N4O4. The molecule has 3 N–H and O–H groups in total. The molecule has 1 unspecified atom stereocenters. The predicted molar refractivity (Wildman–Crippen MR) is 104 cm³/mol. The van der Waals surface area contributed by atoms with Crippen LogP contribution in [0.15, 0.2) is 47.6 Å². The number of aromatic nitrogens is 1. The van der Waals surface area contributed by atoms with Gasteiger partial charge in [-0.2, -0.15) is 0 Å². The van der Waals surface area contributed by atoms with Crippen molar-refractivity contribution in [3.05, 3.63) is 48.2 Å². The summed E-state index contributed by atoms with van der Waals surface area (Å²) in [5.41, 5.74) is 1.44. The average Bonchev–Trinajstić information content (AvgIpc) is 2.71. The highest BCUT2D eigenvalue weighted by molar-refractivity contribution is 6.09. The molecule has 0 radical (unpaired) electrons. The minimum absolute atomic E-state index is 0.0403. The summed E-state index contributed by atoms with van der Waals surface area (Å²) in [6, 6.07) is 10.8. The number of methoxy groups -OCH3 is 1. The number of benzene rings is 1. The Morgan fingerprint density at radius 1 is 1.26 bits per heavy atom. The number of anilines is 1. The number of aliphatic hydroxyl groups excluding tert-OH is 1. The van der Waals surface area contributed by atoms with Crippen molar-refractivity contribution in [1.82, 2.24) is 4.98 Å². The number of nitrogens with two attached hydrogens (primary N) is 1. The summed E-state index contributed by atoms with van der Waals surface area (Å²) >= 11 is 0. The van der Waals surface area contributed by atoms with Crippen LogP contribution in [0, 0.1) is 0 Å². The highest BCUT2D eigenvalue weighted by Gasteiger charge is 2.15. The Balaban J connectivity index is 2.32. The minimum Gasteiger partial charge on any atom is -0.491 e. The van der Waals surface area contributed by atoms with Crippen LogP contribution in [0.25, 0.3) is 0 Å². The summed E-state index contributed by atoms with van der Waals surface area (Å²) in [5, 5.41) is 10.3. The first-order valence-electron chi connectivity index (χ1n) is 8.67. The third-order valence-electron chi connectivity index (χ3n) is 3.62. The zero-order valence-corrected chi connectivity index (χ0v) is 15.8. The second-order valence-electron chi connectivity index (χ2n) is 5.53. The van der Waals surface area contributed by atoms with Crippen LogP contribution in [-0.4, -0.2) is 49.1 Å². The fourth-order valence-corrected chi connectivity index (χ4v) is 2.35. The van der Waals surface area contributed by atoms with Gasteiger partial charge < -0.3 is 19.3 Å². The van der Waals surface area contributed by atoms with Crippen LogP contribution in [-0.2, 0) is 4.74 Å². The third kappa shape index (κ3) is 5.92. The monoisotopic (exact) mass is 374 g/mol. The number of hydrazine groups is 1. The molecule has 1 aromatic heterocycles. The molecule has 2 rings (SSSR count). The fourth-order valence-electron chi connectivity index (χ4n) is 2.35. The van der Waals surface area contributed by atoms with Crippen LogP contribution >= 0.6 is 0 Å². The van der Waals surface area contributed by atoms with Gasteiger partial charge in [-0.05, 0) is 44.2 Å². The molecule has 0 aliphatic carbocycles. The van der Waals surface area contributed by atoms with Crippen molar-refractivity contribution in [1.29, 1.82) is 0 Å². The molecule has 146 valence electrons. The Kier molecular flexibility index (Phi) is 8.00. The van der Waals surface area contributed by atoms with Gasteiger partial charge in [0.05, 0.1) is 25.6 Å². The average molecular weight is 374 g/mol. The Hall–Kier alpha value is -2.68. The molecule has 0 saturated carbocycles. The summed E-state index contributed by atoms with van der Waals surface area (Å²) in [7, 11) is 1.55. The number of hydrogen-bond acceptors (Lipinski definition) is 7. The summed E-state index contributed by atoms with van der Waals surface area (Å²) in [4.78, 5) is 8.79. The van der Waals surface area contributed by atoms with Gasteiger partial charge in [0.1, 0.15) is 18.6 Å². The van der Waals surface area contributed by atoms with Gasteiger partial charge >= 0.3 is 0 Å². The Bertz CT molecular complexity index is 719. The zero-order valence-electron chi connectivity index (χ0n) is 15.8. The molecule has 0 aliphatic rings. The first kappa shape index (κ1) is 20.6. The number of ether oxygens (including phenoxy) is 3. The highest BCUT2D eigenvalue weighted by atomic mass is 16.5. The van der Waals surface area contributed by atoms with Crippen molar-refractivity contribution >= 4 is 11.5 Å². The highest BCUT2D eigenvalue weighted by Crippen LogP contribution is 2.19. The van der Waals surface area contributed by atoms with Gasteiger partial charge in [-0.1, -0.05) is 0 Å². The molecule has 0 fully saturated rings. The Labute approximate surface area is 159 Å². The maximum atomic E-state index is 8.86. The number of aliphatic hydroxyl groups is 1. The maximum absolute atomic E-state index is 8.86. The quantitative estimate of drug-likeness (QED) is 0.299. The lowest BCUT2D eigenvalue weighted by molar-refractivity contribution is 0.0831. The fraction of sp³-hybridized carbons (Fsp3) is 0.368. The molecule has 2 aromatic rings. The Morgan fingerprint density at radius 3 is 2.56 bits per heavy atom. The number of pyridine rings is 1. The van der Waals surface area contributed by atoms with E-state index in [-0.39, 0.29) is 19.4 Å². The largest absolute Gasteiger partial charge is 0.491 e. The smallest absolute Gasteiger partial charge is 0.213 e. The first-order chi connectivity index (χ1) is 13.1. The van der Waals surface area contributed by atoms with Gasteiger partial charge in [0.2, 0.25) is 5.88 Å². The van der Waals surface area contributed by atoms with E-state index in [1.54, 1.807) is 37.6 Å². The number of aliphatic imine (C=N–C) groups is 1. The third-order valence-corrected chi connectivity index (χ3v) is 3.62. The van der Waals surface area contributed by atoms with Crippen LogP contribution in [0.1, 0.15) is 19.4 Å². The molecule has 0 aliphatic heterocycles. The second kappa shape index (κ2) is 10.5. The Morgan fingerprint density at radius 2 is 2.00 bits per heavy atom. The molecule has 1 atom stereocenters. The van der Waals surface area contributed by atoms with Gasteiger partial charge in [0, 0.05) is 18.2 Å². The van der Waals surface area contributed by atoms with Crippen molar-refractivity contribution < 1.29 is 19.3 Å². The van der Waals surface area contributed by atoms with Crippen molar-refractivity contribution in [3.8, 4) is 11.6 Å². The van der Waals surface area contributed by atoms with Gasteiger partial charge in [-0.25, -0.2) is 15.8 Å². The molecule has 0 spiro atoms. The summed E-state index contributed by atoms with van der Waals surface area (Å²) in [5.74, 6) is 8.00. The summed E-state index contributed by atoms with van der Waals surface area (Å²) < 4.78 is 16.0. The first-order valence-corrected chi connectivity index (χ1v) is 8.67. The van der Waals surface area contributed by atoms with E-state index in [9.17, 15) is 0 Å². The molecule has 1 heterocycles.